The van der Waals surface area contributed by atoms with Crippen molar-refractivity contribution in [2.24, 2.45) is 0 Å². The van der Waals surface area contributed by atoms with Gasteiger partial charge in [-0.25, -0.2) is 0 Å². The van der Waals surface area contributed by atoms with Crippen molar-refractivity contribution >= 4 is 29.1 Å². The van der Waals surface area contributed by atoms with E-state index in [0.717, 1.165) is 11.3 Å². The van der Waals surface area contributed by atoms with Gasteiger partial charge >= 0.3 is 0 Å². The summed E-state index contributed by atoms with van der Waals surface area (Å²) in [6.45, 7) is 6.17. The molecule has 2 rings (SSSR count). The Labute approximate surface area is 136 Å². The molecule has 0 fully saturated rings. The molecule has 0 aliphatic carbocycles. The molecule has 1 atom stereocenters. The highest BCUT2D eigenvalue weighted by atomic mass is 32.2. The summed E-state index contributed by atoms with van der Waals surface area (Å²) in [4.78, 5) is 0. The van der Waals surface area contributed by atoms with Crippen molar-refractivity contribution < 1.29 is 0 Å². The lowest BCUT2D eigenvalue weighted by Gasteiger charge is -2.33. The Morgan fingerprint density at radius 2 is 1.62 bits per heavy atom. The van der Waals surface area contributed by atoms with Crippen molar-refractivity contribution in [3.63, 3.8) is 0 Å². The fourth-order valence-electron chi connectivity index (χ4n) is 2.45. The molecule has 0 bridgehead atoms. The van der Waals surface area contributed by atoms with Crippen LogP contribution in [0.2, 0.25) is 0 Å². The third-order valence-corrected chi connectivity index (χ3v) is 6.36. The molecule has 0 aliphatic heterocycles. The zero-order valence-electron chi connectivity index (χ0n) is 12.5. The van der Waals surface area contributed by atoms with Crippen LogP contribution in [0.1, 0.15) is 18.1 Å². The van der Waals surface area contributed by atoms with E-state index in [1.807, 2.05) is 29.6 Å². The number of hydrogen-bond donors (Lipinski definition) is 0. The second-order valence-electron chi connectivity index (χ2n) is 4.54. The average Bonchev–Trinajstić information content (AvgIpc) is 2.56. The van der Waals surface area contributed by atoms with Crippen molar-refractivity contribution in [2.75, 3.05) is 12.0 Å². The molecule has 2 aromatic carbocycles. The molecular formula is C19H20S2. The summed E-state index contributed by atoms with van der Waals surface area (Å²) >= 11 is 3.77. The Balaban J connectivity index is 2.62. The molecule has 0 radical (unpaired) electrons. The Kier molecular flexibility index (Phi) is 5.81. The molecular weight excluding hydrogens is 292 g/mol. The third kappa shape index (κ3) is 3.29. The highest BCUT2D eigenvalue weighted by Gasteiger charge is 2.36. The lowest BCUT2D eigenvalue weighted by molar-refractivity contribution is 1.16. The van der Waals surface area contributed by atoms with Crippen LogP contribution in [0.25, 0.3) is 5.57 Å². The van der Waals surface area contributed by atoms with Crippen LogP contribution in [0.3, 0.4) is 0 Å². The largest absolute Gasteiger partial charge is 0.137 e. The van der Waals surface area contributed by atoms with E-state index in [1.54, 1.807) is 0 Å². The molecule has 2 aromatic rings. The first-order valence-corrected chi connectivity index (χ1v) is 9.20. The maximum atomic E-state index is 3.97. The first-order chi connectivity index (χ1) is 10.3. The van der Waals surface area contributed by atoms with Crippen molar-refractivity contribution in [2.45, 2.75) is 11.0 Å². The van der Waals surface area contributed by atoms with Gasteiger partial charge < -0.3 is 0 Å². The van der Waals surface area contributed by atoms with Crippen LogP contribution in [0.4, 0.5) is 0 Å². The summed E-state index contributed by atoms with van der Waals surface area (Å²) in [5, 5.41) is 0. The lowest BCUT2D eigenvalue weighted by atomic mass is 9.97. The van der Waals surface area contributed by atoms with Gasteiger partial charge in [-0.05, 0) is 23.1 Å². The molecule has 0 heterocycles. The zero-order chi connectivity index (χ0) is 15.1. The smallest absolute Gasteiger partial charge is 0.119 e. The van der Waals surface area contributed by atoms with Gasteiger partial charge in [-0.15, -0.1) is 29.3 Å². The van der Waals surface area contributed by atoms with Gasteiger partial charge in [-0.1, -0.05) is 74.2 Å². The van der Waals surface area contributed by atoms with E-state index in [0.29, 0.717) is 0 Å². The third-order valence-electron chi connectivity index (χ3n) is 3.36. The topological polar surface area (TPSA) is 0 Å². The Hall–Kier alpha value is -1.34. The molecule has 108 valence electrons. The van der Waals surface area contributed by atoms with E-state index in [9.17, 15) is 0 Å². The summed E-state index contributed by atoms with van der Waals surface area (Å²) in [7, 11) is 0. The van der Waals surface area contributed by atoms with Gasteiger partial charge in [-0.2, -0.15) is 0 Å². The van der Waals surface area contributed by atoms with Gasteiger partial charge in [0.05, 0.1) is 0 Å². The molecule has 1 unspecified atom stereocenters. The monoisotopic (exact) mass is 312 g/mol. The minimum atomic E-state index is -0.168. The molecule has 0 nitrogen and oxygen atoms in total. The Morgan fingerprint density at radius 3 is 2.10 bits per heavy atom. The fourth-order valence-corrected chi connectivity index (χ4v) is 5.09. The van der Waals surface area contributed by atoms with E-state index >= 15 is 0 Å². The second-order valence-corrected chi connectivity index (χ2v) is 7.29. The van der Waals surface area contributed by atoms with E-state index in [-0.39, 0.29) is 4.08 Å². The molecule has 0 saturated heterocycles. The van der Waals surface area contributed by atoms with E-state index < -0.39 is 0 Å². The predicted octanol–water partition coefficient (Wildman–Crippen LogP) is 5.82. The highest BCUT2D eigenvalue weighted by molar-refractivity contribution is 8.17. The first kappa shape index (κ1) is 16.0. The summed E-state index contributed by atoms with van der Waals surface area (Å²) in [6, 6.07) is 21.1. The molecule has 21 heavy (non-hydrogen) atoms. The van der Waals surface area contributed by atoms with Crippen molar-refractivity contribution in [3.8, 4) is 0 Å². The lowest BCUT2D eigenvalue weighted by Crippen LogP contribution is -2.19. The van der Waals surface area contributed by atoms with Crippen molar-refractivity contribution in [3.05, 3.63) is 84.1 Å². The highest BCUT2D eigenvalue weighted by Crippen LogP contribution is 2.53. The number of thioether (sulfide) groups is 2. The molecule has 2 heteroatoms. The molecule has 0 N–H and O–H groups in total. The van der Waals surface area contributed by atoms with Crippen LogP contribution in [0, 0.1) is 0 Å². The van der Waals surface area contributed by atoms with E-state index in [2.05, 4.69) is 80.1 Å². The average molecular weight is 313 g/mol. The van der Waals surface area contributed by atoms with E-state index in [4.69, 9.17) is 0 Å². The first-order valence-electron chi connectivity index (χ1n) is 6.99. The molecule has 0 aromatic heterocycles. The Morgan fingerprint density at radius 1 is 1.05 bits per heavy atom. The molecule has 0 spiro atoms. The minimum Gasteiger partial charge on any atom is -0.137 e. The van der Waals surface area contributed by atoms with Gasteiger partial charge in [0.1, 0.15) is 4.08 Å². The van der Waals surface area contributed by atoms with Gasteiger partial charge in [-0.3, -0.25) is 0 Å². The zero-order valence-corrected chi connectivity index (χ0v) is 14.1. The normalized spacial score (nSPS) is 13.2. The van der Waals surface area contributed by atoms with Gasteiger partial charge in [0.15, 0.2) is 0 Å². The number of benzene rings is 2. The van der Waals surface area contributed by atoms with Gasteiger partial charge in [0.25, 0.3) is 0 Å². The maximum absolute atomic E-state index is 3.97. The van der Waals surface area contributed by atoms with Crippen molar-refractivity contribution in [1.82, 2.24) is 0 Å². The molecule has 0 aliphatic rings. The van der Waals surface area contributed by atoms with Crippen LogP contribution < -0.4 is 0 Å². The maximum Gasteiger partial charge on any atom is 0.119 e. The number of hydrogen-bond acceptors (Lipinski definition) is 2. The summed E-state index contributed by atoms with van der Waals surface area (Å²) in [5.74, 6) is 1.04. The van der Waals surface area contributed by atoms with E-state index in [1.165, 1.54) is 11.1 Å². The SMILES string of the molecule is C=C=C(c1ccccc1)C(SC)(SCC)c1ccccc1. The summed E-state index contributed by atoms with van der Waals surface area (Å²) in [6.07, 6.45) is 2.16. The molecule has 0 saturated carbocycles. The van der Waals surface area contributed by atoms with Crippen LogP contribution in [-0.4, -0.2) is 12.0 Å². The standard InChI is InChI=1S/C19H20S2/c1-4-18(16-12-8-6-9-13-16)19(20-3,21-5-2)17-14-10-7-11-15-17/h6-15H,1,5H2,2-3H3. The fraction of sp³-hybridized carbons (Fsp3) is 0.211. The second kappa shape index (κ2) is 7.61. The van der Waals surface area contributed by atoms with Crippen LogP contribution in [0.5, 0.6) is 0 Å². The number of rotatable bonds is 6. The van der Waals surface area contributed by atoms with Crippen molar-refractivity contribution in [1.29, 1.82) is 0 Å². The predicted molar refractivity (Wildman–Crippen MR) is 98.8 cm³/mol. The Bertz CT molecular complexity index is 613. The van der Waals surface area contributed by atoms with Gasteiger partial charge in [0.2, 0.25) is 0 Å². The van der Waals surface area contributed by atoms with Gasteiger partial charge in [0, 0.05) is 5.57 Å². The quantitative estimate of drug-likeness (QED) is 0.486. The van der Waals surface area contributed by atoms with Crippen LogP contribution in [-0.2, 0) is 4.08 Å². The van der Waals surface area contributed by atoms with Crippen LogP contribution >= 0.6 is 23.5 Å². The van der Waals surface area contributed by atoms with Crippen LogP contribution in [0.15, 0.2) is 73.0 Å². The summed E-state index contributed by atoms with van der Waals surface area (Å²) < 4.78 is -0.168. The minimum absolute atomic E-state index is 0.168. The summed E-state index contributed by atoms with van der Waals surface area (Å²) in [5.41, 5.74) is 6.84. The molecule has 0 amide bonds.